The lowest BCUT2D eigenvalue weighted by Crippen LogP contribution is -2.42. The van der Waals surface area contributed by atoms with Crippen molar-refractivity contribution in [2.75, 3.05) is 11.4 Å². The Kier molecular flexibility index (Phi) is 3.58. The number of amides is 1. The number of pyridine rings is 2. The molecule has 1 atom stereocenters. The zero-order valence-electron chi connectivity index (χ0n) is 12.9. The number of anilines is 1. The maximum Gasteiger partial charge on any atom is 0.260 e. The quantitative estimate of drug-likeness (QED) is 0.678. The number of carbonyl (C=O) groups is 1. The minimum atomic E-state index is -0.140. The van der Waals surface area contributed by atoms with Crippen LogP contribution in [0.15, 0.2) is 48.9 Å². The van der Waals surface area contributed by atoms with Gasteiger partial charge in [-0.15, -0.1) is 0 Å². The van der Waals surface area contributed by atoms with E-state index in [4.69, 9.17) is 16.3 Å². The molecule has 6 heteroatoms. The molecule has 24 heavy (non-hydrogen) atoms. The van der Waals surface area contributed by atoms with Gasteiger partial charge in [0.15, 0.2) is 5.75 Å². The topological polar surface area (TPSA) is 55.3 Å². The molecule has 0 aliphatic carbocycles. The lowest BCUT2D eigenvalue weighted by atomic mass is 10.1. The van der Waals surface area contributed by atoms with Gasteiger partial charge in [-0.3, -0.25) is 14.8 Å². The predicted molar refractivity (Wildman–Crippen MR) is 92.8 cm³/mol. The summed E-state index contributed by atoms with van der Waals surface area (Å²) in [6, 6.07) is 9.07. The van der Waals surface area contributed by atoms with Gasteiger partial charge in [-0.1, -0.05) is 17.7 Å². The van der Waals surface area contributed by atoms with Crippen molar-refractivity contribution >= 4 is 34.1 Å². The summed E-state index contributed by atoms with van der Waals surface area (Å²) in [4.78, 5) is 23.1. The second kappa shape index (κ2) is 5.76. The molecule has 1 unspecified atom stereocenters. The van der Waals surface area contributed by atoms with Gasteiger partial charge in [0.2, 0.25) is 0 Å². The van der Waals surface area contributed by atoms with Gasteiger partial charge in [-0.2, -0.15) is 0 Å². The Hall–Kier alpha value is -2.66. The molecule has 3 aromatic rings. The SMILES string of the molecule is CC1CN(C(=O)c2cnc3cnccc3c2)c2cccc(Cl)c2O1. The van der Waals surface area contributed by atoms with Crippen LogP contribution < -0.4 is 9.64 Å². The van der Waals surface area contributed by atoms with E-state index in [1.807, 2.05) is 31.2 Å². The third-order valence-electron chi connectivity index (χ3n) is 3.97. The van der Waals surface area contributed by atoms with Crippen molar-refractivity contribution in [3.63, 3.8) is 0 Å². The Morgan fingerprint density at radius 2 is 2.21 bits per heavy atom. The average Bonchev–Trinajstić information content (AvgIpc) is 2.61. The van der Waals surface area contributed by atoms with E-state index < -0.39 is 0 Å². The highest BCUT2D eigenvalue weighted by atomic mass is 35.5. The second-order valence-electron chi connectivity index (χ2n) is 5.72. The zero-order chi connectivity index (χ0) is 16.7. The number of rotatable bonds is 1. The van der Waals surface area contributed by atoms with Crippen LogP contribution in [0.2, 0.25) is 5.02 Å². The van der Waals surface area contributed by atoms with Crippen LogP contribution in [0.1, 0.15) is 17.3 Å². The first-order valence-corrected chi connectivity index (χ1v) is 7.98. The van der Waals surface area contributed by atoms with Crippen LogP contribution >= 0.6 is 11.6 Å². The Morgan fingerprint density at radius 3 is 3.08 bits per heavy atom. The molecule has 0 saturated heterocycles. The summed E-state index contributed by atoms with van der Waals surface area (Å²) in [5.74, 6) is 0.420. The van der Waals surface area contributed by atoms with E-state index in [9.17, 15) is 4.79 Å². The summed E-state index contributed by atoms with van der Waals surface area (Å²) in [5.41, 5.74) is 1.96. The molecule has 1 amide bonds. The molecular formula is C18H14ClN3O2. The van der Waals surface area contributed by atoms with E-state index in [1.165, 1.54) is 0 Å². The molecule has 0 bridgehead atoms. The molecule has 0 saturated carbocycles. The number of hydrogen-bond donors (Lipinski definition) is 0. The van der Waals surface area contributed by atoms with Gasteiger partial charge in [0, 0.05) is 17.8 Å². The van der Waals surface area contributed by atoms with E-state index >= 15 is 0 Å². The molecule has 1 aliphatic rings. The second-order valence-corrected chi connectivity index (χ2v) is 6.13. The van der Waals surface area contributed by atoms with E-state index in [2.05, 4.69) is 9.97 Å². The molecule has 1 aromatic carbocycles. The van der Waals surface area contributed by atoms with Crippen LogP contribution in [0.25, 0.3) is 10.9 Å². The average molecular weight is 340 g/mol. The molecular weight excluding hydrogens is 326 g/mol. The van der Waals surface area contributed by atoms with Crippen molar-refractivity contribution < 1.29 is 9.53 Å². The normalized spacial score (nSPS) is 16.6. The number of aromatic nitrogens is 2. The number of hydrogen-bond acceptors (Lipinski definition) is 4. The van der Waals surface area contributed by atoms with Crippen molar-refractivity contribution in [3.8, 4) is 5.75 Å². The lowest BCUT2D eigenvalue weighted by molar-refractivity contribution is 0.0961. The number of halogens is 1. The van der Waals surface area contributed by atoms with E-state index in [0.29, 0.717) is 28.6 Å². The van der Waals surface area contributed by atoms with Gasteiger partial charge in [0.05, 0.1) is 34.5 Å². The maximum absolute atomic E-state index is 13.0. The molecule has 1 aliphatic heterocycles. The molecule has 0 N–H and O–H groups in total. The Bertz CT molecular complexity index is 944. The van der Waals surface area contributed by atoms with Crippen LogP contribution in [-0.4, -0.2) is 28.5 Å². The summed E-state index contributed by atoms with van der Waals surface area (Å²) < 4.78 is 5.80. The largest absolute Gasteiger partial charge is 0.485 e. The molecule has 0 radical (unpaired) electrons. The van der Waals surface area contributed by atoms with Crippen LogP contribution in [-0.2, 0) is 0 Å². The summed E-state index contributed by atoms with van der Waals surface area (Å²) >= 11 is 6.22. The number of fused-ring (bicyclic) bond motifs is 2. The lowest BCUT2D eigenvalue weighted by Gasteiger charge is -2.33. The molecule has 3 heterocycles. The van der Waals surface area contributed by atoms with Crippen molar-refractivity contribution in [2.45, 2.75) is 13.0 Å². The standard InChI is InChI=1S/C18H14ClN3O2/c1-11-10-22(16-4-2-3-14(19)17(16)24-11)18(23)13-7-12-5-6-20-9-15(12)21-8-13/h2-9,11H,10H2,1H3. The van der Waals surface area contributed by atoms with Gasteiger partial charge in [-0.25, -0.2) is 0 Å². The highest BCUT2D eigenvalue weighted by Gasteiger charge is 2.29. The Morgan fingerprint density at radius 1 is 1.33 bits per heavy atom. The number of nitrogens with zero attached hydrogens (tertiary/aromatic N) is 3. The third-order valence-corrected chi connectivity index (χ3v) is 4.27. The first-order chi connectivity index (χ1) is 11.6. The number of carbonyl (C=O) groups excluding carboxylic acids is 1. The number of benzene rings is 1. The molecule has 5 nitrogen and oxygen atoms in total. The maximum atomic E-state index is 13.0. The van der Waals surface area contributed by atoms with Crippen molar-refractivity contribution in [2.24, 2.45) is 0 Å². The fourth-order valence-electron chi connectivity index (χ4n) is 2.86. The fraction of sp³-hybridized carbons (Fsp3) is 0.167. The number of para-hydroxylation sites is 1. The molecule has 120 valence electrons. The van der Waals surface area contributed by atoms with Crippen LogP contribution in [0.4, 0.5) is 5.69 Å². The summed E-state index contributed by atoms with van der Waals surface area (Å²) in [5, 5.41) is 1.38. The smallest absolute Gasteiger partial charge is 0.260 e. The number of ether oxygens (including phenoxy) is 1. The van der Waals surface area contributed by atoms with E-state index in [-0.39, 0.29) is 12.0 Å². The van der Waals surface area contributed by atoms with Gasteiger partial charge >= 0.3 is 0 Å². The van der Waals surface area contributed by atoms with E-state index in [0.717, 1.165) is 10.9 Å². The predicted octanol–water partition coefficient (Wildman–Crippen LogP) is 3.71. The molecule has 0 fully saturated rings. The summed E-state index contributed by atoms with van der Waals surface area (Å²) in [6.45, 7) is 2.37. The Balaban J connectivity index is 1.77. The zero-order valence-corrected chi connectivity index (χ0v) is 13.7. The molecule has 0 spiro atoms. The minimum absolute atomic E-state index is 0.125. The molecule has 2 aromatic heterocycles. The van der Waals surface area contributed by atoms with Gasteiger partial charge < -0.3 is 9.64 Å². The first kappa shape index (κ1) is 14.9. The van der Waals surface area contributed by atoms with Crippen LogP contribution in [0.3, 0.4) is 0 Å². The van der Waals surface area contributed by atoms with Gasteiger partial charge in [-0.05, 0) is 31.2 Å². The van der Waals surface area contributed by atoms with Crippen LogP contribution in [0, 0.1) is 0 Å². The highest BCUT2D eigenvalue weighted by Crippen LogP contribution is 2.39. The summed E-state index contributed by atoms with van der Waals surface area (Å²) in [7, 11) is 0. The van der Waals surface area contributed by atoms with Crippen molar-refractivity contribution in [1.82, 2.24) is 9.97 Å². The molecule has 4 rings (SSSR count). The van der Waals surface area contributed by atoms with E-state index in [1.54, 1.807) is 29.6 Å². The summed E-state index contributed by atoms with van der Waals surface area (Å²) in [6.07, 6.45) is 4.80. The monoisotopic (exact) mass is 339 g/mol. The van der Waals surface area contributed by atoms with Gasteiger partial charge in [0.1, 0.15) is 6.10 Å². The Labute approximate surface area is 143 Å². The minimum Gasteiger partial charge on any atom is -0.485 e. The third kappa shape index (κ3) is 2.47. The van der Waals surface area contributed by atoms with Gasteiger partial charge in [0.25, 0.3) is 5.91 Å². The fourth-order valence-corrected chi connectivity index (χ4v) is 3.07. The van der Waals surface area contributed by atoms with Crippen molar-refractivity contribution in [1.29, 1.82) is 0 Å². The first-order valence-electron chi connectivity index (χ1n) is 7.60. The van der Waals surface area contributed by atoms with Crippen LogP contribution in [0.5, 0.6) is 5.75 Å². The van der Waals surface area contributed by atoms with Crippen molar-refractivity contribution in [3.05, 3.63) is 59.5 Å². The highest BCUT2D eigenvalue weighted by molar-refractivity contribution is 6.32.